The SMILES string of the molecule is CN1C(=O)N(CC2CCNC2)CC1C(C)(C)C. The highest BCUT2D eigenvalue weighted by Crippen LogP contribution is 2.30. The molecule has 2 unspecified atom stereocenters. The number of hydrogen-bond donors (Lipinski definition) is 1. The molecular formula is C13H25N3O. The van der Waals surface area contributed by atoms with Crippen LogP contribution in [0.2, 0.25) is 0 Å². The van der Waals surface area contributed by atoms with Gasteiger partial charge in [0.15, 0.2) is 0 Å². The second-order valence-electron chi connectivity index (χ2n) is 6.54. The molecule has 2 atom stereocenters. The van der Waals surface area contributed by atoms with Crippen molar-refractivity contribution in [1.29, 1.82) is 0 Å². The lowest BCUT2D eigenvalue weighted by Gasteiger charge is -2.31. The lowest BCUT2D eigenvalue weighted by atomic mass is 9.86. The summed E-state index contributed by atoms with van der Waals surface area (Å²) >= 11 is 0. The first-order valence-electron chi connectivity index (χ1n) is 6.62. The predicted molar refractivity (Wildman–Crippen MR) is 69.0 cm³/mol. The zero-order chi connectivity index (χ0) is 12.6. The highest BCUT2D eigenvalue weighted by molar-refractivity contribution is 5.77. The molecule has 0 aromatic rings. The minimum atomic E-state index is 0.160. The van der Waals surface area contributed by atoms with Crippen LogP contribution in [0.4, 0.5) is 4.79 Å². The maximum Gasteiger partial charge on any atom is 0.320 e. The Kier molecular flexibility index (Phi) is 3.34. The summed E-state index contributed by atoms with van der Waals surface area (Å²) in [7, 11) is 1.94. The molecule has 0 aromatic heterocycles. The summed E-state index contributed by atoms with van der Waals surface area (Å²) in [6.45, 7) is 10.6. The summed E-state index contributed by atoms with van der Waals surface area (Å²) in [5.41, 5.74) is 0.160. The molecule has 0 aliphatic carbocycles. The second kappa shape index (κ2) is 4.48. The molecule has 2 aliphatic heterocycles. The van der Waals surface area contributed by atoms with E-state index in [2.05, 4.69) is 26.1 Å². The van der Waals surface area contributed by atoms with E-state index in [1.165, 1.54) is 6.42 Å². The minimum absolute atomic E-state index is 0.160. The summed E-state index contributed by atoms with van der Waals surface area (Å²) in [6.07, 6.45) is 1.20. The number of nitrogens with zero attached hydrogens (tertiary/aromatic N) is 2. The van der Waals surface area contributed by atoms with Gasteiger partial charge in [-0.3, -0.25) is 0 Å². The van der Waals surface area contributed by atoms with E-state index in [9.17, 15) is 4.79 Å². The predicted octanol–water partition coefficient (Wildman–Crippen LogP) is 1.38. The van der Waals surface area contributed by atoms with Gasteiger partial charge in [-0.1, -0.05) is 20.8 Å². The van der Waals surface area contributed by atoms with Gasteiger partial charge in [0.05, 0.1) is 6.04 Å². The first-order chi connectivity index (χ1) is 7.89. The van der Waals surface area contributed by atoms with E-state index in [1.807, 2.05) is 16.8 Å². The summed E-state index contributed by atoms with van der Waals surface area (Å²) < 4.78 is 0. The van der Waals surface area contributed by atoms with Gasteiger partial charge in [-0.05, 0) is 30.8 Å². The third-order valence-corrected chi connectivity index (χ3v) is 4.07. The largest absolute Gasteiger partial charge is 0.322 e. The first kappa shape index (κ1) is 12.7. The molecule has 17 heavy (non-hydrogen) atoms. The van der Waals surface area contributed by atoms with Gasteiger partial charge >= 0.3 is 6.03 Å². The van der Waals surface area contributed by atoms with Crippen LogP contribution in [0.5, 0.6) is 0 Å². The fraction of sp³-hybridized carbons (Fsp3) is 0.923. The van der Waals surface area contributed by atoms with Crippen LogP contribution < -0.4 is 5.32 Å². The van der Waals surface area contributed by atoms with Crippen molar-refractivity contribution in [2.75, 3.05) is 33.2 Å². The van der Waals surface area contributed by atoms with Crippen LogP contribution in [-0.2, 0) is 0 Å². The Morgan fingerprint density at radius 2 is 2.12 bits per heavy atom. The Bertz CT molecular complexity index is 292. The lowest BCUT2D eigenvalue weighted by Crippen LogP contribution is -2.39. The van der Waals surface area contributed by atoms with E-state index in [0.29, 0.717) is 12.0 Å². The van der Waals surface area contributed by atoms with Gasteiger partial charge < -0.3 is 15.1 Å². The minimum Gasteiger partial charge on any atom is -0.322 e. The molecule has 1 N–H and O–H groups in total. The van der Waals surface area contributed by atoms with E-state index in [1.54, 1.807) is 0 Å². The van der Waals surface area contributed by atoms with Crippen molar-refractivity contribution in [3.05, 3.63) is 0 Å². The lowest BCUT2D eigenvalue weighted by molar-refractivity contribution is 0.172. The zero-order valence-electron chi connectivity index (χ0n) is 11.5. The number of likely N-dealkylation sites (N-methyl/N-ethyl adjacent to an activating group) is 1. The maximum absolute atomic E-state index is 12.2. The van der Waals surface area contributed by atoms with Gasteiger partial charge in [0.1, 0.15) is 0 Å². The number of urea groups is 1. The number of hydrogen-bond acceptors (Lipinski definition) is 2. The molecule has 2 fully saturated rings. The van der Waals surface area contributed by atoms with E-state index < -0.39 is 0 Å². The van der Waals surface area contributed by atoms with E-state index >= 15 is 0 Å². The van der Waals surface area contributed by atoms with Gasteiger partial charge in [-0.25, -0.2) is 4.79 Å². The molecule has 0 bridgehead atoms. The van der Waals surface area contributed by atoms with Crippen molar-refractivity contribution in [1.82, 2.24) is 15.1 Å². The monoisotopic (exact) mass is 239 g/mol. The first-order valence-corrected chi connectivity index (χ1v) is 6.62. The van der Waals surface area contributed by atoms with Crippen molar-refractivity contribution in [2.45, 2.75) is 33.2 Å². The fourth-order valence-electron chi connectivity index (χ4n) is 2.96. The third-order valence-electron chi connectivity index (χ3n) is 4.07. The highest BCUT2D eigenvalue weighted by Gasteiger charge is 2.41. The Morgan fingerprint density at radius 1 is 1.41 bits per heavy atom. The number of nitrogens with one attached hydrogen (secondary N) is 1. The Balaban J connectivity index is 1.98. The molecule has 0 radical (unpaired) electrons. The van der Waals surface area contributed by atoms with Gasteiger partial charge in [-0.2, -0.15) is 0 Å². The van der Waals surface area contributed by atoms with Gasteiger partial charge in [-0.15, -0.1) is 0 Å². The smallest absolute Gasteiger partial charge is 0.320 e. The van der Waals surface area contributed by atoms with E-state index in [-0.39, 0.29) is 11.4 Å². The Hall–Kier alpha value is -0.770. The average Bonchev–Trinajstić information content (AvgIpc) is 2.81. The maximum atomic E-state index is 12.2. The molecule has 4 nitrogen and oxygen atoms in total. The second-order valence-corrected chi connectivity index (χ2v) is 6.54. The summed E-state index contributed by atoms with van der Waals surface area (Å²) in [6, 6.07) is 0.543. The summed E-state index contributed by atoms with van der Waals surface area (Å²) in [5.74, 6) is 0.645. The van der Waals surface area contributed by atoms with Crippen LogP contribution >= 0.6 is 0 Å². The summed E-state index contributed by atoms with van der Waals surface area (Å²) in [5, 5.41) is 3.36. The number of amides is 2. The van der Waals surface area contributed by atoms with Gasteiger partial charge in [0, 0.05) is 20.1 Å². The molecule has 0 saturated carbocycles. The van der Waals surface area contributed by atoms with Crippen molar-refractivity contribution < 1.29 is 4.79 Å². The Labute approximate surface area is 104 Å². The molecule has 4 heteroatoms. The van der Waals surface area contributed by atoms with Gasteiger partial charge in [0.25, 0.3) is 0 Å². The molecular weight excluding hydrogens is 214 g/mol. The molecule has 2 aliphatic rings. The van der Waals surface area contributed by atoms with Crippen molar-refractivity contribution in [3.8, 4) is 0 Å². The number of carbonyl (C=O) groups excluding carboxylic acids is 1. The van der Waals surface area contributed by atoms with Gasteiger partial charge in [0.2, 0.25) is 0 Å². The van der Waals surface area contributed by atoms with E-state index in [4.69, 9.17) is 0 Å². The summed E-state index contributed by atoms with van der Waals surface area (Å²) in [4.78, 5) is 16.1. The van der Waals surface area contributed by atoms with Crippen molar-refractivity contribution in [2.24, 2.45) is 11.3 Å². The van der Waals surface area contributed by atoms with Crippen LogP contribution in [0.1, 0.15) is 27.2 Å². The van der Waals surface area contributed by atoms with Crippen LogP contribution in [0.25, 0.3) is 0 Å². The van der Waals surface area contributed by atoms with Crippen LogP contribution in [0.15, 0.2) is 0 Å². The topological polar surface area (TPSA) is 35.6 Å². The molecule has 0 aromatic carbocycles. The fourth-order valence-corrected chi connectivity index (χ4v) is 2.96. The molecule has 2 saturated heterocycles. The van der Waals surface area contributed by atoms with Crippen molar-refractivity contribution >= 4 is 6.03 Å². The quantitative estimate of drug-likeness (QED) is 0.790. The molecule has 2 heterocycles. The highest BCUT2D eigenvalue weighted by atomic mass is 16.2. The third kappa shape index (κ3) is 2.57. The Morgan fingerprint density at radius 3 is 2.59 bits per heavy atom. The number of carbonyl (C=O) groups is 1. The zero-order valence-corrected chi connectivity index (χ0v) is 11.5. The van der Waals surface area contributed by atoms with Crippen molar-refractivity contribution in [3.63, 3.8) is 0 Å². The molecule has 0 spiro atoms. The standard InChI is InChI=1S/C13H25N3O/c1-13(2,3)11-9-16(12(17)15(11)4)8-10-5-6-14-7-10/h10-11,14H,5-9H2,1-4H3. The normalized spacial score (nSPS) is 30.5. The average molecular weight is 239 g/mol. The molecule has 2 rings (SSSR count). The van der Waals surface area contributed by atoms with Crippen LogP contribution in [0, 0.1) is 11.3 Å². The van der Waals surface area contributed by atoms with Crippen LogP contribution in [0.3, 0.4) is 0 Å². The van der Waals surface area contributed by atoms with E-state index in [0.717, 1.165) is 26.2 Å². The number of rotatable bonds is 2. The van der Waals surface area contributed by atoms with Crippen LogP contribution in [-0.4, -0.2) is 55.1 Å². The molecule has 98 valence electrons. The molecule has 2 amide bonds.